The van der Waals surface area contributed by atoms with Crippen molar-refractivity contribution in [3.05, 3.63) is 51.4 Å². The monoisotopic (exact) mass is 373 g/mol. The highest BCUT2D eigenvalue weighted by Crippen LogP contribution is 2.26. The van der Waals surface area contributed by atoms with Gasteiger partial charge in [-0.25, -0.2) is 4.98 Å². The first-order valence-corrected chi connectivity index (χ1v) is 10.5. The van der Waals surface area contributed by atoms with Crippen LogP contribution < -0.4 is 0 Å². The molecule has 0 saturated carbocycles. The van der Waals surface area contributed by atoms with E-state index in [0.717, 1.165) is 54.9 Å². The Balaban J connectivity index is 1.25. The molecule has 4 rings (SSSR count). The normalized spacial score (nSPS) is 16.5. The van der Waals surface area contributed by atoms with Crippen LogP contribution in [0.3, 0.4) is 0 Å². The van der Waals surface area contributed by atoms with Crippen LogP contribution in [-0.4, -0.2) is 47.5 Å². The molecule has 0 atom stereocenters. The van der Waals surface area contributed by atoms with E-state index in [9.17, 15) is 0 Å². The van der Waals surface area contributed by atoms with Gasteiger partial charge >= 0.3 is 0 Å². The number of aromatic nitrogens is 1. The molecular weight excluding hydrogens is 350 g/mol. The first kappa shape index (κ1) is 17.0. The topological polar surface area (TPSA) is 32.5 Å². The highest BCUT2D eigenvalue weighted by Gasteiger charge is 2.18. The Kier molecular flexibility index (Phi) is 5.31. The Bertz CT molecular complexity index is 785. The van der Waals surface area contributed by atoms with Crippen molar-refractivity contribution >= 4 is 22.7 Å². The molecule has 0 amide bonds. The lowest BCUT2D eigenvalue weighted by Gasteiger charge is -2.34. The van der Waals surface area contributed by atoms with Crippen molar-refractivity contribution in [2.45, 2.75) is 19.9 Å². The summed E-state index contributed by atoms with van der Waals surface area (Å²) in [6.45, 7) is 8.63. The molecule has 25 heavy (non-hydrogen) atoms. The molecule has 4 nitrogen and oxygen atoms in total. The van der Waals surface area contributed by atoms with Gasteiger partial charge in [-0.1, -0.05) is 6.07 Å². The van der Waals surface area contributed by atoms with Crippen LogP contribution in [-0.2, 0) is 13.0 Å². The van der Waals surface area contributed by atoms with Crippen molar-refractivity contribution in [2.75, 3.05) is 32.7 Å². The molecule has 0 radical (unpaired) electrons. The molecule has 1 aliphatic heterocycles. The minimum Gasteiger partial charge on any atom is -0.459 e. The maximum Gasteiger partial charge on any atom is 0.162 e. The molecule has 3 aromatic heterocycles. The molecular formula is C19H23N3OS2. The van der Waals surface area contributed by atoms with Crippen LogP contribution >= 0.6 is 22.7 Å². The van der Waals surface area contributed by atoms with E-state index in [0.29, 0.717) is 0 Å². The molecule has 0 aromatic carbocycles. The third-order valence-corrected chi connectivity index (χ3v) is 6.45. The highest BCUT2D eigenvalue weighted by atomic mass is 32.1. The Hall–Kier alpha value is -1.47. The summed E-state index contributed by atoms with van der Waals surface area (Å²) in [6, 6.07) is 8.38. The third-order valence-electron chi connectivity index (χ3n) is 4.61. The van der Waals surface area contributed by atoms with Gasteiger partial charge in [-0.3, -0.25) is 4.90 Å². The van der Waals surface area contributed by atoms with Crippen molar-refractivity contribution in [3.63, 3.8) is 0 Å². The van der Waals surface area contributed by atoms with Gasteiger partial charge in [0.15, 0.2) is 10.8 Å². The van der Waals surface area contributed by atoms with E-state index < -0.39 is 0 Å². The first-order valence-electron chi connectivity index (χ1n) is 8.74. The van der Waals surface area contributed by atoms with Crippen molar-refractivity contribution in [1.82, 2.24) is 14.8 Å². The smallest absolute Gasteiger partial charge is 0.162 e. The lowest BCUT2D eigenvalue weighted by Crippen LogP contribution is -2.46. The number of piperazine rings is 1. The molecule has 132 valence electrons. The predicted molar refractivity (Wildman–Crippen MR) is 104 cm³/mol. The van der Waals surface area contributed by atoms with Gasteiger partial charge in [0.25, 0.3) is 0 Å². The Morgan fingerprint density at radius 1 is 1.08 bits per heavy atom. The fourth-order valence-corrected chi connectivity index (χ4v) is 4.63. The van der Waals surface area contributed by atoms with Gasteiger partial charge in [0.2, 0.25) is 0 Å². The van der Waals surface area contributed by atoms with E-state index in [1.54, 1.807) is 11.3 Å². The van der Waals surface area contributed by atoms with Gasteiger partial charge in [0.05, 0.1) is 5.69 Å². The van der Waals surface area contributed by atoms with E-state index >= 15 is 0 Å². The fourth-order valence-electron chi connectivity index (χ4n) is 3.17. The summed E-state index contributed by atoms with van der Waals surface area (Å²) in [5.74, 6) is 1.82. The molecule has 6 heteroatoms. The van der Waals surface area contributed by atoms with E-state index in [-0.39, 0.29) is 0 Å². The molecule has 0 unspecified atom stereocenters. The minimum absolute atomic E-state index is 0.882. The van der Waals surface area contributed by atoms with Crippen LogP contribution in [0.5, 0.6) is 0 Å². The molecule has 4 heterocycles. The molecule has 1 saturated heterocycles. The average molecular weight is 374 g/mol. The molecule has 1 fully saturated rings. The number of hydrogen-bond acceptors (Lipinski definition) is 6. The van der Waals surface area contributed by atoms with E-state index in [2.05, 4.69) is 32.7 Å². The number of thiophene rings is 1. The van der Waals surface area contributed by atoms with Gasteiger partial charge in [0, 0.05) is 49.5 Å². The van der Waals surface area contributed by atoms with Crippen LogP contribution in [0.1, 0.15) is 16.3 Å². The van der Waals surface area contributed by atoms with Gasteiger partial charge in [-0.15, -0.1) is 22.7 Å². The second-order valence-electron chi connectivity index (χ2n) is 6.50. The summed E-state index contributed by atoms with van der Waals surface area (Å²) in [5, 5.41) is 5.31. The molecule has 0 N–H and O–H groups in total. The summed E-state index contributed by atoms with van der Waals surface area (Å²) in [5.41, 5.74) is 1.15. The first-order chi connectivity index (χ1) is 12.3. The molecule has 0 bridgehead atoms. The standard InChI is InChI=1S/C19H23N3OS2/c1-15-4-5-18(23-15)19-20-16(14-25-19)13-22-10-8-21(9-11-22)7-6-17-3-2-12-24-17/h2-5,12,14H,6-11,13H2,1H3. The zero-order valence-electron chi connectivity index (χ0n) is 14.5. The SMILES string of the molecule is Cc1ccc(-c2nc(CN3CCN(CCc4cccs4)CC3)cs2)o1. The number of aryl methyl sites for hydroxylation is 1. The number of hydrogen-bond donors (Lipinski definition) is 0. The second-order valence-corrected chi connectivity index (χ2v) is 8.39. The Morgan fingerprint density at radius 3 is 2.64 bits per heavy atom. The van der Waals surface area contributed by atoms with Crippen molar-refractivity contribution < 1.29 is 4.42 Å². The summed E-state index contributed by atoms with van der Waals surface area (Å²) in [7, 11) is 0. The van der Waals surface area contributed by atoms with Gasteiger partial charge in [-0.05, 0) is 36.9 Å². The van der Waals surface area contributed by atoms with Crippen LogP contribution in [0.4, 0.5) is 0 Å². The molecule has 3 aromatic rings. The molecule has 1 aliphatic rings. The lowest BCUT2D eigenvalue weighted by atomic mass is 10.2. The molecule has 0 spiro atoms. The zero-order chi connectivity index (χ0) is 17.1. The van der Waals surface area contributed by atoms with Crippen LogP contribution in [0.15, 0.2) is 39.4 Å². The third kappa shape index (κ3) is 4.39. The van der Waals surface area contributed by atoms with Crippen LogP contribution in [0.2, 0.25) is 0 Å². The maximum absolute atomic E-state index is 5.67. The van der Waals surface area contributed by atoms with Gasteiger partial charge in [-0.2, -0.15) is 0 Å². The highest BCUT2D eigenvalue weighted by molar-refractivity contribution is 7.13. The zero-order valence-corrected chi connectivity index (χ0v) is 16.1. The van der Waals surface area contributed by atoms with E-state index in [1.165, 1.54) is 17.8 Å². The lowest BCUT2D eigenvalue weighted by molar-refractivity contribution is 0.127. The summed E-state index contributed by atoms with van der Waals surface area (Å²) >= 11 is 3.53. The van der Waals surface area contributed by atoms with Crippen molar-refractivity contribution in [3.8, 4) is 10.8 Å². The van der Waals surface area contributed by atoms with Gasteiger partial charge in [0.1, 0.15) is 5.76 Å². The largest absolute Gasteiger partial charge is 0.459 e. The predicted octanol–water partition coefficient (Wildman–Crippen LogP) is 4.13. The van der Waals surface area contributed by atoms with Crippen molar-refractivity contribution in [1.29, 1.82) is 0 Å². The average Bonchev–Trinajstić information content (AvgIpc) is 3.36. The van der Waals surface area contributed by atoms with E-state index in [1.807, 2.05) is 30.4 Å². The number of nitrogens with zero attached hydrogens (tertiary/aromatic N) is 3. The quantitative estimate of drug-likeness (QED) is 0.650. The number of furan rings is 1. The van der Waals surface area contributed by atoms with Gasteiger partial charge < -0.3 is 9.32 Å². The summed E-state index contributed by atoms with van der Waals surface area (Å²) < 4.78 is 5.67. The summed E-state index contributed by atoms with van der Waals surface area (Å²) in [4.78, 5) is 11.3. The van der Waals surface area contributed by atoms with Crippen LogP contribution in [0.25, 0.3) is 10.8 Å². The number of thiazole rings is 1. The summed E-state index contributed by atoms with van der Waals surface area (Å²) in [6.07, 6.45) is 1.18. The number of rotatable bonds is 6. The van der Waals surface area contributed by atoms with Crippen LogP contribution in [0, 0.1) is 6.92 Å². The van der Waals surface area contributed by atoms with E-state index in [4.69, 9.17) is 9.40 Å². The Morgan fingerprint density at radius 2 is 1.92 bits per heavy atom. The Labute approximate surface area is 156 Å². The molecule has 0 aliphatic carbocycles. The maximum atomic E-state index is 5.67. The van der Waals surface area contributed by atoms with Crippen molar-refractivity contribution in [2.24, 2.45) is 0 Å². The second kappa shape index (κ2) is 7.83. The fraction of sp³-hybridized carbons (Fsp3) is 0.421. The minimum atomic E-state index is 0.882.